The second kappa shape index (κ2) is 6.31. The van der Waals surface area contributed by atoms with E-state index < -0.39 is 0 Å². The van der Waals surface area contributed by atoms with Crippen molar-refractivity contribution in [2.24, 2.45) is 0 Å². The first kappa shape index (κ1) is 12.8. The zero-order valence-electron chi connectivity index (χ0n) is 10.3. The molecule has 0 atom stereocenters. The lowest BCUT2D eigenvalue weighted by Crippen LogP contribution is -1.92. The summed E-state index contributed by atoms with van der Waals surface area (Å²) in [4.78, 5) is 5.05. The fourth-order valence-electron chi connectivity index (χ4n) is 1.54. The maximum absolute atomic E-state index is 5.85. The number of pyridine rings is 1. The summed E-state index contributed by atoms with van der Waals surface area (Å²) in [5.74, 6) is 1.80. The van der Waals surface area contributed by atoms with Gasteiger partial charge in [-0.2, -0.15) is 0 Å². The number of hydrogen-bond donors (Lipinski definition) is 1. The lowest BCUT2D eigenvalue weighted by molar-refractivity contribution is 0.340. The van der Waals surface area contributed by atoms with E-state index in [2.05, 4.69) is 17.1 Å². The molecule has 0 fully saturated rings. The van der Waals surface area contributed by atoms with E-state index in [0.717, 1.165) is 22.1 Å². The Hall–Kier alpha value is -1.68. The predicted octanol–water partition coefficient (Wildman–Crippen LogP) is 3.35. The van der Waals surface area contributed by atoms with Gasteiger partial charge >= 0.3 is 0 Å². The molecule has 4 heteroatoms. The average Bonchev–Trinajstić information content (AvgIpc) is 2.40. The highest BCUT2D eigenvalue weighted by atomic mass is 32.2. The van der Waals surface area contributed by atoms with Gasteiger partial charge in [-0.3, -0.25) is 4.98 Å². The van der Waals surface area contributed by atoms with Crippen LogP contribution in [0.25, 0.3) is 0 Å². The van der Waals surface area contributed by atoms with Crippen LogP contribution in [0, 0.1) is 0 Å². The van der Waals surface area contributed by atoms with Crippen molar-refractivity contribution in [1.29, 1.82) is 0 Å². The molecule has 0 bridgehead atoms. The van der Waals surface area contributed by atoms with Crippen LogP contribution in [0.3, 0.4) is 0 Å². The number of aromatic nitrogens is 1. The molecule has 0 radical (unpaired) electrons. The summed E-state index contributed by atoms with van der Waals surface area (Å²) in [6.07, 6.45) is 3.44. The van der Waals surface area contributed by atoms with Gasteiger partial charge in [-0.25, -0.2) is 0 Å². The molecule has 3 nitrogen and oxygen atoms in total. The van der Waals surface area contributed by atoms with E-state index in [1.807, 2.05) is 25.1 Å². The van der Waals surface area contributed by atoms with Crippen molar-refractivity contribution < 1.29 is 4.74 Å². The summed E-state index contributed by atoms with van der Waals surface area (Å²) in [6.45, 7) is 2.68. The summed E-state index contributed by atoms with van der Waals surface area (Å²) in [7, 11) is 0. The summed E-state index contributed by atoms with van der Waals surface area (Å²) in [5.41, 5.74) is 7.82. The Balaban J connectivity index is 1.96. The number of nitrogens with zero attached hydrogens (tertiary/aromatic N) is 1. The Morgan fingerprint density at radius 2 is 2.00 bits per heavy atom. The van der Waals surface area contributed by atoms with Gasteiger partial charge in [-0.05, 0) is 30.7 Å². The quantitative estimate of drug-likeness (QED) is 0.837. The number of benzene rings is 1. The van der Waals surface area contributed by atoms with Gasteiger partial charge in [-0.1, -0.05) is 12.1 Å². The molecule has 0 aliphatic rings. The van der Waals surface area contributed by atoms with Crippen LogP contribution in [0.1, 0.15) is 12.5 Å². The van der Waals surface area contributed by atoms with Gasteiger partial charge in [0.05, 0.1) is 18.5 Å². The highest BCUT2D eigenvalue weighted by Crippen LogP contribution is 2.27. The summed E-state index contributed by atoms with van der Waals surface area (Å²) >= 11 is 1.71. The molecule has 1 aromatic carbocycles. The number of rotatable bonds is 5. The fourth-order valence-corrected chi connectivity index (χ4v) is 2.43. The van der Waals surface area contributed by atoms with E-state index in [1.165, 1.54) is 5.56 Å². The first-order valence-electron chi connectivity index (χ1n) is 5.83. The van der Waals surface area contributed by atoms with Crippen molar-refractivity contribution in [3.05, 3.63) is 48.3 Å². The standard InChI is InChI=1S/C14H16N2OS/c1-2-17-12-5-3-11(4-6-12)10-18-14-7-8-16-9-13(14)15/h3-9H,2,10,15H2,1H3. The van der Waals surface area contributed by atoms with Crippen LogP contribution in [-0.2, 0) is 5.75 Å². The van der Waals surface area contributed by atoms with Crippen molar-refractivity contribution in [3.63, 3.8) is 0 Å². The summed E-state index contributed by atoms with van der Waals surface area (Å²) in [6, 6.07) is 10.1. The third-order valence-electron chi connectivity index (χ3n) is 2.44. The molecule has 0 aliphatic carbocycles. The highest BCUT2D eigenvalue weighted by molar-refractivity contribution is 7.98. The van der Waals surface area contributed by atoms with Crippen LogP contribution < -0.4 is 10.5 Å². The smallest absolute Gasteiger partial charge is 0.119 e. The van der Waals surface area contributed by atoms with Crippen LogP contribution in [0.4, 0.5) is 5.69 Å². The molecule has 94 valence electrons. The molecule has 2 aromatic rings. The largest absolute Gasteiger partial charge is 0.494 e. The van der Waals surface area contributed by atoms with Crippen molar-refractivity contribution in [3.8, 4) is 5.75 Å². The molecule has 1 aromatic heterocycles. The minimum Gasteiger partial charge on any atom is -0.494 e. The number of anilines is 1. The lowest BCUT2D eigenvalue weighted by Gasteiger charge is -2.06. The molecule has 2 N–H and O–H groups in total. The Bertz CT molecular complexity index is 499. The first-order valence-corrected chi connectivity index (χ1v) is 6.82. The summed E-state index contributed by atoms with van der Waals surface area (Å²) < 4.78 is 5.41. The molecule has 2 rings (SSSR count). The third kappa shape index (κ3) is 3.40. The molecule has 0 saturated heterocycles. The van der Waals surface area contributed by atoms with Gasteiger partial charge in [-0.15, -0.1) is 11.8 Å². The predicted molar refractivity (Wildman–Crippen MR) is 75.8 cm³/mol. The number of thioether (sulfide) groups is 1. The number of nitrogens with two attached hydrogens (primary N) is 1. The van der Waals surface area contributed by atoms with Crippen LogP contribution in [0.5, 0.6) is 5.75 Å². The third-order valence-corrected chi connectivity index (χ3v) is 3.60. The van der Waals surface area contributed by atoms with Crippen LogP contribution in [-0.4, -0.2) is 11.6 Å². The number of hydrogen-bond acceptors (Lipinski definition) is 4. The minimum absolute atomic E-state index is 0.696. The summed E-state index contributed by atoms with van der Waals surface area (Å²) in [5, 5.41) is 0. The van der Waals surface area contributed by atoms with Crippen LogP contribution in [0.15, 0.2) is 47.6 Å². The number of nitrogen functional groups attached to an aromatic ring is 1. The van der Waals surface area contributed by atoms with Gasteiger partial charge in [0, 0.05) is 16.8 Å². The first-order chi connectivity index (χ1) is 8.79. The van der Waals surface area contributed by atoms with E-state index in [-0.39, 0.29) is 0 Å². The van der Waals surface area contributed by atoms with Gasteiger partial charge in [0.1, 0.15) is 5.75 Å². The van der Waals surface area contributed by atoms with E-state index in [1.54, 1.807) is 24.2 Å². The normalized spacial score (nSPS) is 10.3. The molecule has 0 unspecified atom stereocenters. The van der Waals surface area contributed by atoms with Crippen molar-refractivity contribution in [1.82, 2.24) is 4.98 Å². The van der Waals surface area contributed by atoms with E-state index >= 15 is 0 Å². The van der Waals surface area contributed by atoms with Gasteiger partial charge in [0.2, 0.25) is 0 Å². The van der Waals surface area contributed by atoms with E-state index in [9.17, 15) is 0 Å². The van der Waals surface area contributed by atoms with Crippen LogP contribution in [0.2, 0.25) is 0 Å². The second-order valence-electron chi connectivity index (χ2n) is 3.78. The average molecular weight is 260 g/mol. The van der Waals surface area contributed by atoms with E-state index in [4.69, 9.17) is 10.5 Å². The topological polar surface area (TPSA) is 48.1 Å². The van der Waals surface area contributed by atoms with Crippen LogP contribution >= 0.6 is 11.8 Å². The minimum atomic E-state index is 0.696. The molecule has 0 aliphatic heterocycles. The SMILES string of the molecule is CCOc1ccc(CSc2ccncc2N)cc1. The van der Waals surface area contributed by atoms with Crippen molar-refractivity contribution in [2.45, 2.75) is 17.6 Å². The van der Waals surface area contributed by atoms with Gasteiger partial charge < -0.3 is 10.5 Å². The Morgan fingerprint density at radius 3 is 2.67 bits per heavy atom. The molecule has 0 spiro atoms. The molecule has 0 saturated carbocycles. The Labute approximate surface area is 111 Å². The molecular formula is C14H16N2OS. The van der Waals surface area contributed by atoms with E-state index in [0.29, 0.717) is 6.61 Å². The maximum atomic E-state index is 5.85. The molecule has 0 amide bonds. The zero-order valence-corrected chi connectivity index (χ0v) is 11.1. The molecule has 18 heavy (non-hydrogen) atoms. The van der Waals surface area contributed by atoms with Crippen molar-refractivity contribution in [2.75, 3.05) is 12.3 Å². The lowest BCUT2D eigenvalue weighted by atomic mass is 10.2. The van der Waals surface area contributed by atoms with Gasteiger partial charge in [0.25, 0.3) is 0 Å². The monoisotopic (exact) mass is 260 g/mol. The molecule has 1 heterocycles. The maximum Gasteiger partial charge on any atom is 0.119 e. The highest BCUT2D eigenvalue weighted by Gasteiger charge is 2.00. The Morgan fingerprint density at radius 1 is 1.22 bits per heavy atom. The number of ether oxygens (including phenoxy) is 1. The van der Waals surface area contributed by atoms with Gasteiger partial charge in [0.15, 0.2) is 0 Å². The zero-order chi connectivity index (χ0) is 12.8. The second-order valence-corrected chi connectivity index (χ2v) is 4.80. The molecular weight excluding hydrogens is 244 g/mol. The fraction of sp³-hybridized carbons (Fsp3) is 0.214. The Kier molecular flexibility index (Phi) is 4.47. The van der Waals surface area contributed by atoms with Crippen molar-refractivity contribution >= 4 is 17.4 Å².